The highest BCUT2D eigenvalue weighted by atomic mass is 16.3. The minimum absolute atomic E-state index is 0.256. The van der Waals surface area contributed by atoms with Crippen LogP contribution in [-0.4, -0.2) is 15.1 Å². The molecule has 0 spiro atoms. The minimum Gasteiger partial charge on any atom is -0.507 e. The number of phenols is 1. The van der Waals surface area contributed by atoms with E-state index in [-0.39, 0.29) is 5.75 Å². The highest BCUT2D eigenvalue weighted by Crippen LogP contribution is 2.41. The summed E-state index contributed by atoms with van der Waals surface area (Å²) in [6.45, 7) is 4.18. The lowest BCUT2D eigenvalue weighted by molar-refractivity contribution is 0.479. The number of benzene rings is 4. The lowest BCUT2D eigenvalue weighted by Crippen LogP contribution is -1.98. The number of nitrogens with zero attached hydrogens (tertiary/aromatic N) is 2. The van der Waals surface area contributed by atoms with Crippen molar-refractivity contribution in [1.29, 1.82) is 0 Å². The van der Waals surface area contributed by atoms with Crippen LogP contribution in [0, 0.1) is 13.8 Å². The monoisotopic (exact) mass is 417 g/mol. The van der Waals surface area contributed by atoms with Crippen molar-refractivity contribution in [2.45, 2.75) is 13.8 Å². The molecule has 32 heavy (non-hydrogen) atoms. The quantitative estimate of drug-likeness (QED) is 0.308. The molecule has 5 aromatic rings. The topological polar surface area (TPSA) is 58.0 Å². The van der Waals surface area contributed by atoms with Crippen LogP contribution in [0.1, 0.15) is 11.1 Å². The van der Waals surface area contributed by atoms with Crippen LogP contribution in [-0.2, 0) is 0 Å². The third-order valence-corrected chi connectivity index (χ3v) is 5.79. The van der Waals surface area contributed by atoms with Gasteiger partial charge in [0.15, 0.2) is 0 Å². The van der Waals surface area contributed by atoms with Gasteiger partial charge in [0.1, 0.15) is 17.9 Å². The van der Waals surface area contributed by atoms with Crippen molar-refractivity contribution in [2.75, 3.05) is 5.32 Å². The zero-order chi connectivity index (χ0) is 22.1. The van der Waals surface area contributed by atoms with Crippen molar-refractivity contribution >= 4 is 22.4 Å². The molecule has 0 bridgehead atoms. The van der Waals surface area contributed by atoms with Gasteiger partial charge in [-0.2, -0.15) is 0 Å². The Labute approximate surface area is 187 Å². The summed E-state index contributed by atoms with van der Waals surface area (Å²) in [5, 5.41) is 15.6. The standard InChI is InChI=1S/C28H23N3O/c1-18-13-25-26(14-19(18)2)29-17-30-28(25)31-22-15-23(20-9-5-3-6-10-20)27(32)24(16-22)21-11-7-4-8-12-21/h3-17,32H,1-2H3,(H,29,30,31). The molecule has 1 aromatic heterocycles. The van der Waals surface area contributed by atoms with Crippen LogP contribution in [0.5, 0.6) is 5.75 Å². The zero-order valence-electron chi connectivity index (χ0n) is 18.0. The first-order valence-corrected chi connectivity index (χ1v) is 10.6. The van der Waals surface area contributed by atoms with E-state index in [1.807, 2.05) is 72.8 Å². The van der Waals surface area contributed by atoms with Crippen LogP contribution in [0.4, 0.5) is 11.5 Å². The fourth-order valence-corrected chi connectivity index (χ4v) is 3.93. The predicted molar refractivity (Wildman–Crippen MR) is 131 cm³/mol. The van der Waals surface area contributed by atoms with Gasteiger partial charge >= 0.3 is 0 Å². The van der Waals surface area contributed by atoms with Gasteiger partial charge in [-0.1, -0.05) is 60.7 Å². The number of rotatable bonds is 4. The van der Waals surface area contributed by atoms with E-state index in [0.29, 0.717) is 0 Å². The number of hydrogen-bond donors (Lipinski definition) is 2. The average Bonchev–Trinajstić information content (AvgIpc) is 2.82. The van der Waals surface area contributed by atoms with E-state index in [0.717, 1.165) is 44.7 Å². The van der Waals surface area contributed by atoms with E-state index in [1.165, 1.54) is 11.1 Å². The number of aromatic nitrogens is 2. The molecule has 0 aliphatic rings. The van der Waals surface area contributed by atoms with Crippen molar-refractivity contribution < 1.29 is 5.11 Å². The lowest BCUT2D eigenvalue weighted by atomic mass is 9.96. The highest BCUT2D eigenvalue weighted by molar-refractivity contribution is 5.93. The third-order valence-electron chi connectivity index (χ3n) is 5.79. The van der Waals surface area contributed by atoms with Gasteiger partial charge in [-0.15, -0.1) is 0 Å². The molecule has 5 rings (SSSR count). The van der Waals surface area contributed by atoms with Gasteiger partial charge in [-0.05, 0) is 60.4 Å². The van der Waals surface area contributed by atoms with Gasteiger partial charge in [-0.3, -0.25) is 0 Å². The second-order valence-corrected chi connectivity index (χ2v) is 7.95. The Kier molecular flexibility index (Phi) is 5.04. The van der Waals surface area contributed by atoms with E-state index in [2.05, 4.69) is 41.3 Å². The summed E-state index contributed by atoms with van der Waals surface area (Å²) in [4.78, 5) is 8.95. The maximum atomic E-state index is 11.2. The van der Waals surface area contributed by atoms with Crippen molar-refractivity contribution in [1.82, 2.24) is 9.97 Å². The molecule has 4 aromatic carbocycles. The molecule has 4 nitrogen and oxygen atoms in total. The van der Waals surface area contributed by atoms with Gasteiger partial charge in [0.25, 0.3) is 0 Å². The largest absolute Gasteiger partial charge is 0.507 e. The Morgan fingerprint density at radius 3 is 1.84 bits per heavy atom. The van der Waals surface area contributed by atoms with E-state index in [1.54, 1.807) is 6.33 Å². The molecule has 0 fully saturated rings. The highest BCUT2D eigenvalue weighted by Gasteiger charge is 2.15. The fraction of sp³-hybridized carbons (Fsp3) is 0.0714. The summed E-state index contributed by atoms with van der Waals surface area (Å²) < 4.78 is 0. The summed E-state index contributed by atoms with van der Waals surface area (Å²) in [7, 11) is 0. The molecule has 0 amide bonds. The van der Waals surface area contributed by atoms with Crippen LogP contribution in [0.3, 0.4) is 0 Å². The van der Waals surface area contributed by atoms with Crippen molar-refractivity contribution in [3.05, 3.63) is 102 Å². The van der Waals surface area contributed by atoms with Crippen LogP contribution in [0.2, 0.25) is 0 Å². The number of aromatic hydroxyl groups is 1. The molecule has 2 N–H and O–H groups in total. The van der Waals surface area contributed by atoms with Crippen molar-refractivity contribution in [3.63, 3.8) is 0 Å². The number of anilines is 2. The number of nitrogens with one attached hydrogen (secondary N) is 1. The Morgan fingerprint density at radius 1 is 0.688 bits per heavy atom. The fourth-order valence-electron chi connectivity index (χ4n) is 3.93. The first-order valence-electron chi connectivity index (χ1n) is 10.6. The molecule has 0 aliphatic heterocycles. The summed E-state index contributed by atoms with van der Waals surface area (Å²) >= 11 is 0. The van der Waals surface area contributed by atoms with Gasteiger partial charge in [0.2, 0.25) is 0 Å². The van der Waals surface area contributed by atoms with E-state index in [9.17, 15) is 5.11 Å². The molecule has 0 unspecified atom stereocenters. The molecule has 4 heteroatoms. The second kappa shape index (κ2) is 8.16. The Hall–Kier alpha value is -4.18. The Balaban J connectivity index is 1.68. The summed E-state index contributed by atoms with van der Waals surface area (Å²) in [5.41, 5.74) is 7.56. The third kappa shape index (κ3) is 3.67. The normalized spacial score (nSPS) is 10.9. The van der Waals surface area contributed by atoms with Gasteiger partial charge in [0, 0.05) is 22.2 Å². The maximum absolute atomic E-state index is 11.2. The molecule has 0 aliphatic carbocycles. The van der Waals surface area contributed by atoms with Crippen LogP contribution >= 0.6 is 0 Å². The average molecular weight is 418 g/mol. The minimum atomic E-state index is 0.256. The number of hydrogen-bond acceptors (Lipinski definition) is 4. The van der Waals surface area contributed by atoms with Gasteiger partial charge < -0.3 is 10.4 Å². The molecular weight excluding hydrogens is 394 g/mol. The molecule has 0 saturated heterocycles. The van der Waals surface area contributed by atoms with Crippen LogP contribution < -0.4 is 5.32 Å². The molecule has 0 saturated carbocycles. The lowest BCUT2D eigenvalue weighted by Gasteiger charge is -2.16. The molecule has 156 valence electrons. The first-order chi connectivity index (χ1) is 15.6. The molecule has 1 heterocycles. The summed E-state index contributed by atoms with van der Waals surface area (Å²) in [6.07, 6.45) is 1.58. The molecule has 0 atom stereocenters. The summed E-state index contributed by atoms with van der Waals surface area (Å²) in [6, 6.07) is 28.0. The molecular formula is C28H23N3O. The van der Waals surface area contributed by atoms with E-state index in [4.69, 9.17) is 0 Å². The predicted octanol–water partition coefficient (Wildman–Crippen LogP) is 7.03. The van der Waals surface area contributed by atoms with E-state index >= 15 is 0 Å². The van der Waals surface area contributed by atoms with Crippen molar-refractivity contribution in [2.24, 2.45) is 0 Å². The number of phenolic OH excluding ortho intramolecular Hbond substituents is 1. The van der Waals surface area contributed by atoms with Crippen molar-refractivity contribution in [3.8, 4) is 28.0 Å². The number of fused-ring (bicyclic) bond motifs is 1. The summed E-state index contributed by atoms with van der Waals surface area (Å²) in [5.74, 6) is 0.994. The smallest absolute Gasteiger partial charge is 0.141 e. The second-order valence-electron chi connectivity index (χ2n) is 7.95. The molecule has 0 radical (unpaired) electrons. The van der Waals surface area contributed by atoms with E-state index < -0.39 is 0 Å². The Morgan fingerprint density at radius 2 is 1.25 bits per heavy atom. The maximum Gasteiger partial charge on any atom is 0.141 e. The SMILES string of the molecule is Cc1cc2ncnc(Nc3cc(-c4ccccc4)c(O)c(-c4ccccc4)c3)c2cc1C. The van der Waals surface area contributed by atoms with Crippen LogP contribution in [0.25, 0.3) is 33.2 Å². The van der Waals surface area contributed by atoms with Crippen LogP contribution in [0.15, 0.2) is 91.3 Å². The Bertz CT molecular complexity index is 1350. The van der Waals surface area contributed by atoms with Gasteiger partial charge in [-0.25, -0.2) is 9.97 Å². The zero-order valence-corrected chi connectivity index (χ0v) is 18.0. The first kappa shape index (κ1) is 19.8. The number of aryl methyl sites for hydroxylation is 2. The van der Waals surface area contributed by atoms with Gasteiger partial charge in [0.05, 0.1) is 5.52 Å².